The Balaban J connectivity index is 1.51. The minimum absolute atomic E-state index is 0.0856. The van der Waals surface area contributed by atoms with Crippen LogP contribution in [0.2, 0.25) is 0 Å². The minimum Gasteiger partial charge on any atom is -0.459 e. The number of nitrogens with one attached hydrogen (secondary N) is 2. The number of hydrogen-bond donors (Lipinski definition) is 2. The van der Waals surface area contributed by atoms with E-state index < -0.39 is 30.4 Å². The maximum Gasteiger partial charge on any atom is 0.328 e. The zero-order valence-electron chi connectivity index (χ0n) is 16.5. The highest BCUT2D eigenvalue weighted by atomic mass is 16.5. The second kappa shape index (κ2) is 10.1. The van der Waals surface area contributed by atoms with Crippen molar-refractivity contribution in [1.82, 2.24) is 5.32 Å². The lowest BCUT2D eigenvalue weighted by Crippen LogP contribution is -2.40. The van der Waals surface area contributed by atoms with Crippen LogP contribution < -0.4 is 10.6 Å². The predicted octanol–water partition coefficient (Wildman–Crippen LogP) is 3.17. The fourth-order valence-corrected chi connectivity index (χ4v) is 2.79. The highest BCUT2D eigenvalue weighted by molar-refractivity contribution is 5.96. The summed E-state index contributed by atoms with van der Waals surface area (Å²) in [5, 5.41) is 5.22. The third kappa shape index (κ3) is 5.81. The van der Waals surface area contributed by atoms with E-state index in [0.717, 1.165) is 11.1 Å². The minimum atomic E-state index is -0.930. The number of amides is 2. The van der Waals surface area contributed by atoms with E-state index in [1.807, 2.05) is 48.5 Å². The quantitative estimate of drug-likeness (QED) is 0.560. The molecule has 1 aromatic heterocycles. The van der Waals surface area contributed by atoms with Crippen LogP contribution in [-0.4, -0.2) is 30.4 Å². The molecule has 0 unspecified atom stereocenters. The molecule has 1 atom stereocenters. The molecule has 3 aromatic rings. The number of ether oxygens (including phenoxy) is 1. The molecule has 1 heterocycles. The second-order valence-electron chi connectivity index (χ2n) is 6.65. The van der Waals surface area contributed by atoms with Gasteiger partial charge in [-0.25, -0.2) is 4.79 Å². The molecule has 0 aliphatic rings. The van der Waals surface area contributed by atoms with Gasteiger partial charge in [-0.1, -0.05) is 48.5 Å². The molecule has 7 nitrogen and oxygen atoms in total. The molecule has 0 saturated heterocycles. The van der Waals surface area contributed by atoms with Crippen LogP contribution in [0, 0.1) is 0 Å². The molecular weight excluding hydrogens is 384 g/mol. The van der Waals surface area contributed by atoms with Gasteiger partial charge in [-0.05, 0) is 42.7 Å². The zero-order valence-corrected chi connectivity index (χ0v) is 16.5. The topological polar surface area (TPSA) is 97.6 Å². The first-order valence-electron chi connectivity index (χ1n) is 9.45. The number of furan rings is 1. The van der Waals surface area contributed by atoms with Crippen molar-refractivity contribution < 1.29 is 23.5 Å². The lowest BCUT2D eigenvalue weighted by molar-refractivity contribution is -0.148. The fourth-order valence-electron chi connectivity index (χ4n) is 2.79. The highest BCUT2D eigenvalue weighted by Gasteiger charge is 2.20. The molecule has 7 heteroatoms. The number of carbonyl (C=O) groups excluding carboxylic acids is 3. The molecule has 0 saturated carbocycles. The van der Waals surface area contributed by atoms with Crippen LogP contribution in [0.1, 0.15) is 28.6 Å². The smallest absolute Gasteiger partial charge is 0.328 e. The lowest BCUT2D eigenvalue weighted by atomic mass is 10.0. The van der Waals surface area contributed by atoms with Crippen molar-refractivity contribution in [2.24, 2.45) is 0 Å². The summed E-state index contributed by atoms with van der Waals surface area (Å²) in [5.74, 6) is -1.64. The van der Waals surface area contributed by atoms with E-state index in [2.05, 4.69) is 10.6 Å². The number of benzene rings is 2. The summed E-state index contributed by atoms with van der Waals surface area (Å²) in [6, 6.07) is 19.5. The predicted molar refractivity (Wildman–Crippen MR) is 111 cm³/mol. The van der Waals surface area contributed by atoms with Crippen molar-refractivity contribution in [3.05, 3.63) is 89.9 Å². The van der Waals surface area contributed by atoms with Gasteiger partial charge in [0.05, 0.1) is 6.26 Å². The molecular formula is C23H22N2O5. The van der Waals surface area contributed by atoms with E-state index >= 15 is 0 Å². The van der Waals surface area contributed by atoms with Crippen LogP contribution in [0.5, 0.6) is 0 Å². The van der Waals surface area contributed by atoms with E-state index in [0.29, 0.717) is 12.1 Å². The zero-order chi connectivity index (χ0) is 21.3. The summed E-state index contributed by atoms with van der Waals surface area (Å²) in [5.41, 5.74) is 2.72. The Hall–Kier alpha value is -3.87. The number of carbonyl (C=O) groups is 3. The molecule has 0 radical (unpaired) electrons. The normalized spacial score (nSPS) is 11.4. The monoisotopic (exact) mass is 406 g/mol. The van der Waals surface area contributed by atoms with Gasteiger partial charge in [0.25, 0.3) is 11.8 Å². The summed E-state index contributed by atoms with van der Waals surface area (Å²) >= 11 is 0. The van der Waals surface area contributed by atoms with Crippen molar-refractivity contribution >= 4 is 23.5 Å². The molecule has 0 bridgehead atoms. The van der Waals surface area contributed by atoms with Gasteiger partial charge < -0.3 is 19.8 Å². The number of para-hydroxylation sites is 1. The van der Waals surface area contributed by atoms with Gasteiger partial charge in [0.1, 0.15) is 6.04 Å². The standard InChI is InChI=1S/C23H22N2O5/c1-16(24-22(27)20-12-7-13-29-20)23(28)30-15-21(26)25-19-11-6-5-10-18(19)14-17-8-3-2-4-9-17/h2-13,16H,14-15H2,1H3,(H,24,27)(H,25,26)/t16-/m0/s1. The maximum atomic E-state index is 12.3. The van der Waals surface area contributed by atoms with Crippen LogP contribution in [0.15, 0.2) is 77.4 Å². The number of hydrogen-bond acceptors (Lipinski definition) is 5. The third-order valence-electron chi connectivity index (χ3n) is 4.32. The van der Waals surface area contributed by atoms with Gasteiger partial charge in [-0.3, -0.25) is 9.59 Å². The van der Waals surface area contributed by atoms with Crippen molar-refractivity contribution in [2.75, 3.05) is 11.9 Å². The van der Waals surface area contributed by atoms with Crippen LogP contribution in [0.3, 0.4) is 0 Å². The lowest BCUT2D eigenvalue weighted by Gasteiger charge is -2.14. The average molecular weight is 406 g/mol. The van der Waals surface area contributed by atoms with Crippen LogP contribution in [-0.2, 0) is 20.7 Å². The Morgan fingerprint density at radius 2 is 1.70 bits per heavy atom. The molecule has 0 aliphatic heterocycles. The van der Waals surface area contributed by atoms with Crippen molar-refractivity contribution in [3.8, 4) is 0 Å². The van der Waals surface area contributed by atoms with E-state index in [9.17, 15) is 14.4 Å². The maximum absolute atomic E-state index is 12.3. The highest BCUT2D eigenvalue weighted by Crippen LogP contribution is 2.19. The van der Waals surface area contributed by atoms with E-state index in [1.54, 1.807) is 12.1 Å². The van der Waals surface area contributed by atoms with Gasteiger partial charge in [0.15, 0.2) is 12.4 Å². The molecule has 0 spiro atoms. The van der Waals surface area contributed by atoms with Gasteiger partial charge >= 0.3 is 5.97 Å². The fraction of sp³-hybridized carbons (Fsp3) is 0.174. The van der Waals surface area contributed by atoms with Crippen LogP contribution in [0.4, 0.5) is 5.69 Å². The molecule has 2 amide bonds. The Bertz CT molecular complexity index is 999. The molecule has 2 aromatic carbocycles. The Morgan fingerprint density at radius 1 is 0.967 bits per heavy atom. The van der Waals surface area contributed by atoms with Crippen molar-refractivity contribution in [3.63, 3.8) is 0 Å². The summed E-state index contributed by atoms with van der Waals surface area (Å²) < 4.78 is 9.98. The van der Waals surface area contributed by atoms with E-state index in [1.165, 1.54) is 19.3 Å². The van der Waals surface area contributed by atoms with Crippen LogP contribution in [0.25, 0.3) is 0 Å². The first kappa shape index (κ1) is 20.9. The van der Waals surface area contributed by atoms with Gasteiger partial charge in [-0.15, -0.1) is 0 Å². The van der Waals surface area contributed by atoms with Crippen molar-refractivity contribution in [1.29, 1.82) is 0 Å². The summed E-state index contributed by atoms with van der Waals surface area (Å²) in [6.45, 7) is 1.01. The van der Waals surface area contributed by atoms with E-state index in [4.69, 9.17) is 9.15 Å². The Kier molecular flexibility index (Phi) is 7.00. The van der Waals surface area contributed by atoms with Crippen LogP contribution >= 0.6 is 0 Å². The number of esters is 1. The van der Waals surface area contributed by atoms with Gasteiger partial charge in [-0.2, -0.15) is 0 Å². The molecule has 0 aliphatic carbocycles. The van der Waals surface area contributed by atoms with Gasteiger partial charge in [0, 0.05) is 5.69 Å². The largest absolute Gasteiger partial charge is 0.459 e. The van der Waals surface area contributed by atoms with Gasteiger partial charge in [0.2, 0.25) is 0 Å². The number of anilines is 1. The Morgan fingerprint density at radius 3 is 2.43 bits per heavy atom. The summed E-state index contributed by atoms with van der Waals surface area (Å²) in [4.78, 5) is 36.2. The average Bonchev–Trinajstić information content (AvgIpc) is 3.29. The molecule has 3 rings (SSSR count). The molecule has 2 N–H and O–H groups in total. The SMILES string of the molecule is C[C@H](NC(=O)c1ccco1)C(=O)OCC(=O)Nc1ccccc1Cc1ccccc1. The first-order valence-corrected chi connectivity index (χ1v) is 9.45. The molecule has 30 heavy (non-hydrogen) atoms. The third-order valence-corrected chi connectivity index (χ3v) is 4.32. The molecule has 154 valence electrons. The number of rotatable bonds is 8. The molecule has 0 fully saturated rings. The second-order valence-corrected chi connectivity index (χ2v) is 6.65. The summed E-state index contributed by atoms with van der Waals surface area (Å²) in [7, 11) is 0. The summed E-state index contributed by atoms with van der Waals surface area (Å²) in [6.07, 6.45) is 2.02. The van der Waals surface area contributed by atoms with E-state index in [-0.39, 0.29) is 5.76 Å². The Labute approximate surface area is 174 Å². The van der Waals surface area contributed by atoms with Crippen molar-refractivity contribution in [2.45, 2.75) is 19.4 Å². The first-order chi connectivity index (χ1) is 14.5.